The van der Waals surface area contributed by atoms with E-state index in [9.17, 15) is 0 Å². The van der Waals surface area contributed by atoms with Gasteiger partial charge in [-0.25, -0.2) is 4.98 Å². The summed E-state index contributed by atoms with van der Waals surface area (Å²) in [6.45, 7) is 2.88. The lowest BCUT2D eigenvalue weighted by Crippen LogP contribution is -2.20. The van der Waals surface area contributed by atoms with E-state index < -0.39 is 0 Å². The Labute approximate surface area is 142 Å². The third-order valence-electron chi connectivity index (χ3n) is 4.32. The summed E-state index contributed by atoms with van der Waals surface area (Å²) >= 11 is 0. The van der Waals surface area contributed by atoms with Gasteiger partial charge in [-0.1, -0.05) is 30.3 Å². The number of benzene rings is 1. The van der Waals surface area contributed by atoms with Crippen LogP contribution in [-0.4, -0.2) is 20.6 Å². The van der Waals surface area contributed by atoms with E-state index in [0.717, 1.165) is 18.0 Å². The van der Waals surface area contributed by atoms with Gasteiger partial charge in [0.25, 0.3) is 0 Å². The van der Waals surface area contributed by atoms with Crippen LogP contribution in [0.5, 0.6) is 5.75 Å². The summed E-state index contributed by atoms with van der Waals surface area (Å²) in [5.74, 6) is 1.44. The van der Waals surface area contributed by atoms with Crippen LogP contribution in [0.1, 0.15) is 31.4 Å². The van der Waals surface area contributed by atoms with Crippen LogP contribution >= 0.6 is 0 Å². The molecular formula is C20H21N3O. The second kappa shape index (κ2) is 6.48. The maximum absolute atomic E-state index is 5.98. The number of aromatic nitrogens is 3. The highest BCUT2D eigenvalue weighted by Crippen LogP contribution is 2.44. The van der Waals surface area contributed by atoms with Crippen molar-refractivity contribution in [3.05, 3.63) is 66.9 Å². The Morgan fingerprint density at radius 1 is 1.17 bits per heavy atom. The number of hydrogen-bond donors (Lipinski definition) is 0. The van der Waals surface area contributed by atoms with Crippen molar-refractivity contribution in [2.24, 2.45) is 0 Å². The molecule has 1 aliphatic rings. The fourth-order valence-corrected chi connectivity index (χ4v) is 3.10. The van der Waals surface area contributed by atoms with Gasteiger partial charge in [0.2, 0.25) is 0 Å². The third kappa shape index (κ3) is 3.18. The van der Waals surface area contributed by atoms with E-state index in [1.807, 2.05) is 24.5 Å². The molecule has 3 aromatic rings. The van der Waals surface area contributed by atoms with E-state index in [0.29, 0.717) is 5.92 Å². The predicted molar refractivity (Wildman–Crippen MR) is 94.0 cm³/mol. The molecule has 2 aromatic heterocycles. The van der Waals surface area contributed by atoms with Crippen LogP contribution in [0.3, 0.4) is 0 Å². The number of pyridine rings is 1. The van der Waals surface area contributed by atoms with E-state index in [4.69, 9.17) is 9.72 Å². The van der Waals surface area contributed by atoms with Gasteiger partial charge in [0.15, 0.2) is 0 Å². The molecule has 4 nitrogen and oxygen atoms in total. The highest BCUT2D eigenvalue weighted by molar-refractivity contribution is 5.63. The Kier molecular flexibility index (Phi) is 4.03. The van der Waals surface area contributed by atoms with E-state index in [1.54, 1.807) is 12.4 Å². The van der Waals surface area contributed by atoms with Crippen molar-refractivity contribution >= 4 is 0 Å². The van der Waals surface area contributed by atoms with Crippen molar-refractivity contribution in [2.75, 3.05) is 0 Å². The van der Waals surface area contributed by atoms with E-state index in [2.05, 4.69) is 40.7 Å². The minimum Gasteiger partial charge on any atom is -0.487 e. The van der Waals surface area contributed by atoms with Crippen LogP contribution in [0.2, 0.25) is 0 Å². The van der Waals surface area contributed by atoms with Gasteiger partial charge >= 0.3 is 0 Å². The Bertz CT molecular complexity index is 794. The second-order valence-corrected chi connectivity index (χ2v) is 6.39. The lowest BCUT2D eigenvalue weighted by atomic mass is 10.1. The fraction of sp³-hybridized carbons (Fsp3) is 0.300. The average molecular weight is 319 g/mol. The molecule has 0 amide bonds. The molecule has 0 aliphatic heterocycles. The largest absolute Gasteiger partial charge is 0.487 e. The molecule has 1 atom stereocenters. The topological polar surface area (TPSA) is 39.9 Å². The van der Waals surface area contributed by atoms with Crippen LogP contribution in [0.15, 0.2) is 61.2 Å². The third-order valence-corrected chi connectivity index (χ3v) is 4.32. The zero-order valence-electron chi connectivity index (χ0n) is 13.8. The molecule has 0 unspecified atom stereocenters. The summed E-state index contributed by atoms with van der Waals surface area (Å²) in [6, 6.07) is 14.3. The van der Waals surface area contributed by atoms with Crippen molar-refractivity contribution < 1.29 is 4.74 Å². The first-order valence-electron chi connectivity index (χ1n) is 8.48. The Morgan fingerprint density at radius 2 is 2.00 bits per heavy atom. The van der Waals surface area contributed by atoms with Crippen LogP contribution in [0, 0.1) is 0 Å². The number of imidazole rings is 1. The molecule has 24 heavy (non-hydrogen) atoms. The molecule has 1 fully saturated rings. The highest BCUT2D eigenvalue weighted by atomic mass is 16.5. The van der Waals surface area contributed by atoms with Gasteiger partial charge in [0.1, 0.15) is 11.9 Å². The van der Waals surface area contributed by atoms with E-state index >= 15 is 0 Å². The summed E-state index contributed by atoms with van der Waals surface area (Å²) in [5, 5.41) is 0. The first kappa shape index (κ1) is 14.9. The fourth-order valence-electron chi connectivity index (χ4n) is 3.10. The smallest absolute Gasteiger partial charge is 0.138 e. The van der Waals surface area contributed by atoms with Gasteiger partial charge in [-0.15, -0.1) is 0 Å². The minimum atomic E-state index is 0.0597. The molecule has 0 bridgehead atoms. The quantitative estimate of drug-likeness (QED) is 0.680. The van der Waals surface area contributed by atoms with Crippen molar-refractivity contribution in [3.63, 3.8) is 0 Å². The normalized spacial score (nSPS) is 15.2. The molecule has 122 valence electrons. The maximum atomic E-state index is 5.98. The van der Waals surface area contributed by atoms with E-state index in [1.165, 1.54) is 24.1 Å². The maximum Gasteiger partial charge on any atom is 0.138 e. The highest BCUT2D eigenvalue weighted by Gasteiger charge is 2.31. The SMILES string of the molecule is C[C@H](Cn1cnc(-c2ccccc2)c1C1CC1)Oc1cccnc1. The minimum absolute atomic E-state index is 0.0597. The summed E-state index contributed by atoms with van der Waals surface area (Å²) in [7, 11) is 0. The molecule has 0 radical (unpaired) electrons. The number of nitrogens with zero attached hydrogens (tertiary/aromatic N) is 3. The summed E-state index contributed by atoms with van der Waals surface area (Å²) in [6.07, 6.45) is 8.03. The van der Waals surface area contributed by atoms with Crippen LogP contribution < -0.4 is 4.74 Å². The zero-order chi connectivity index (χ0) is 16.4. The van der Waals surface area contributed by atoms with Crippen LogP contribution in [0.4, 0.5) is 0 Å². The summed E-state index contributed by atoms with van der Waals surface area (Å²) in [5.41, 5.74) is 3.66. The number of hydrogen-bond acceptors (Lipinski definition) is 3. The summed E-state index contributed by atoms with van der Waals surface area (Å²) in [4.78, 5) is 8.80. The van der Waals surface area contributed by atoms with Gasteiger partial charge in [-0.3, -0.25) is 4.98 Å². The standard InChI is InChI=1S/C20H21N3O/c1-15(24-18-8-5-11-21-12-18)13-23-14-22-19(20(23)17-9-10-17)16-6-3-2-4-7-16/h2-8,11-12,14-15,17H,9-10,13H2,1H3/t15-/m1/s1. The van der Waals surface area contributed by atoms with Gasteiger partial charge in [0.05, 0.1) is 24.8 Å². The molecule has 1 aliphatic carbocycles. The molecule has 4 heteroatoms. The molecule has 2 heterocycles. The van der Waals surface area contributed by atoms with Crippen LogP contribution in [0.25, 0.3) is 11.3 Å². The lowest BCUT2D eigenvalue weighted by molar-refractivity contribution is 0.197. The Balaban J connectivity index is 1.56. The molecule has 1 aromatic carbocycles. The van der Waals surface area contributed by atoms with Gasteiger partial charge in [-0.2, -0.15) is 0 Å². The van der Waals surface area contributed by atoms with Crippen molar-refractivity contribution in [2.45, 2.75) is 38.3 Å². The average Bonchev–Trinajstić information content (AvgIpc) is 3.37. The second-order valence-electron chi connectivity index (χ2n) is 6.39. The van der Waals surface area contributed by atoms with E-state index in [-0.39, 0.29) is 6.10 Å². The van der Waals surface area contributed by atoms with Gasteiger partial charge in [-0.05, 0) is 31.9 Å². The number of ether oxygens (including phenoxy) is 1. The van der Waals surface area contributed by atoms with Gasteiger partial charge < -0.3 is 9.30 Å². The molecule has 1 saturated carbocycles. The zero-order valence-corrected chi connectivity index (χ0v) is 13.8. The molecule has 0 N–H and O–H groups in total. The van der Waals surface area contributed by atoms with Crippen molar-refractivity contribution in [1.82, 2.24) is 14.5 Å². The first-order chi connectivity index (χ1) is 11.8. The molecular weight excluding hydrogens is 298 g/mol. The van der Waals surface area contributed by atoms with Gasteiger partial charge in [0, 0.05) is 23.4 Å². The lowest BCUT2D eigenvalue weighted by Gasteiger charge is -2.17. The van der Waals surface area contributed by atoms with Crippen molar-refractivity contribution in [1.29, 1.82) is 0 Å². The first-order valence-corrected chi connectivity index (χ1v) is 8.48. The summed E-state index contributed by atoms with van der Waals surface area (Å²) < 4.78 is 8.24. The van der Waals surface area contributed by atoms with Crippen molar-refractivity contribution in [3.8, 4) is 17.0 Å². The Morgan fingerprint density at radius 3 is 2.71 bits per heavy atom. The monoisotopic (exact) mass is 319 g/mol. The molecule has 0 spiro atoms. The molecule has 4 rings (SSSR count). The predicted octanol–water partition coefficient (Wildman–Crippen LogP) is 4.29. The number of rotatable bonds is 6. The molecule has 0 saturated heterocycles. The Hall–Kier alpha value is -2.62. The van der Waals surface area contributed by atoms with Crippen LogP contribution in [-0.2, 0) is 6.54 Å².